The zero-order valence-electron chi connectivity index (χ0n) is 22.1. The standard InChI is InChI=1S/C30H39N3O3/c1-5-7-18-32(22-27-12-9-19-31(27)21-25-11-8-10-24(3)20-25)29(34)23-33(17-6-2)30(35)26-13-15-28(36-4)16-14-26/h8-16,19-20H,5-7,17-18,21-23H2,1-4H3. The van der Waals surface area contributed by atoms with Crippen molar-refractivity contribution in [2.75, 3.05) is 26.7 Å². The number of hydrogen-bond donors (Lipinski definition) is 0. The van der Waals surface area contributed by atoms with Gasteiger partial charge in [0.25, 0.3) is 5.91 Å². The first-order valence-electron chi connectivity index (χ1n) is 12.9. The summed E-state index contributed by atoms with van der Waals surface area (Å²) < 4.78 is 7.41. The number of amides is 2. The van der Waals surface area contributed by atoms with Crippen molar-refractivity contribution in [1.29, 1.82) is 0 Å². The maximum Gasteiger partial charge on any atom is 0.254 e. The van der Waals surface area contributed by atoms with Crippen LogP contribution in [0.25, 0.3) is 0 Å². The Balaban J connectivity index is 1.74. The third kappa shape index (κ3) is 7.48. The average Bonchev–Trinajstić information content (AvgIpc) is 3.32. The van der Waals surface area contributed by atoms with Gasteiger partial charge in [-0.1, -0.05) is 50.1 Å². The Bertz CT molecular complexity index is 1120. The van der Waals surface area contributed by atoms with E-state index in [1.165, 1.54) is 11.1 Å². The van der Waals surface area contributed by atoms with Crippen LogP contribution in [-0.4, -0.2) is 52.9 Å². The molecule has 0 saturated carbocycles. The summed E-state index contributed by atoms with van der Waals surface area (Å²) in [6.45, 7) is 8.79. The number of rotatable bonds is 13. The highest BCUT2D eigenvalue weighted by Crippen LogP contribution is 2.16. The minimum atomic E-state index is -0.133. The first kappa shape index (κ1) is 27.1. The van der Waals surface area contributed by atoms with Crippen molar-refractivity contribution in [3.8, 4) is 5.75 Å². The van der Waals surface area contributed by atoms with Gasteiger partial charge in [-0.2, -0.15) is 0 Å². The lowest BCUT2D eigenvalue weighted by molar-refractivity contribution is -0.132. The third-order valence-electron chi connectivity index (χ3n) is 6.29. The molecule has 3 rings (SSSR count). The van der Waals surface area contributed by atoms with E-state index < -0.39 is 0 Å². The molecule has 1 heterocycles. The summed E-state index contributed by atoms with van der Waals surface area (Å²) in [5.74, 6) is 0.539. The van der Waals surface area contributed by atoms with Gasteiger partial charge in [0, 0.05) is 37.1 Å². The Morgan fingerprint density at radius 2 is 1.69 bits per heavy atom. The predicted octanol–water partition coefficient (Wildman–Crippen LogP) is 5.53. The second kappa shape index (κ2) is 13.5. The van der Waals surface area contributed by atoms with Crippen molar-refractivity contribution in [2.45, 2.75) is 53.1 Å². The lowest BCUT2D eigenvalue weighted by Crippen LogP contribution is -2.43. The van der Waals surface area contributed by atoms with E-state index in [0.717, 1.165) is 31.5 Å². The largest absolute Gasteiger partial charge is 0.497 e. The monoisotopic (exact) mass is 489 g/mol. The molecule has 0 aliphatic heterocycles. The first-order valence-corrected chi connectivity index (χ1v) is 12.9. The molecule has 0 atom stereocenters. The zero-order chi connectivity index (χ0) is 25.9. The number of benzene rings is 2. The quantitative estimate of drug-likeness (QED) is 0.317. The van der Waals surface area contributed by atoms with E-state index in [9.17, 15) is 9.59 Å². The van der Waals surface area contributed by atoms with Crippen molar-refractivity contribution in [2.24, 2.45) is 0 Å². The van der Waals surface area contributed by atoms with Crippen LogP contribution in [-0.2, 0) is 17.9 Å². The van der Waals surface area contributed by atoms with E-state index in [4.69, 9.17) is 4.74 Å². The molecule has 0 spiro atoms. The summed E-state index contributed by atoms with van der Waals surface area (Å²) in [6, 6.07) is 19.7. The highest BCUT2D eigenvalue weighted by molar-refractivity contribution is 5.96. The van der Waals surface area contributed by atoms with E-state index in [0.29, 0.717) is 30.9 Å². The molecule has 2 aromatic carbocycles. The van der Waals surface area contributed by atoms with Crippen LogP contribution in [0.3, 0.4) is 0 Å². The van der Waals surface area contributed by atoms with Gasteiger partial charge >= 0.3 is 0 Å². The van der Waals surface area contributed by atoms with Crippen LogP contribution < -0.4 is 4.74 Å². The molecule has 192 valence electrons. The van der Waals surface area contributed by atoms with Crippen molar-refractivity contribution in [3.05, 3.63) is 89.2 Å². The Hall–Kier alpha value is -3.54. The van der Waals surface area contributed by atoms with Crippen molar-refractivity contribution >= 4 is 11.8 Å². The van der Waals surface area contributed by atoms with Crippen LogP contribution in [0.15, 0.2) is 66.9 Å². The van der Waals surface area contributed by atoms with E-state index in [1.54, 1.807) is 36.3 Å². The van der Waals surface area contributed by atoms with Gasteiger partial charge in [0.2, 0.25) is 5.91 Å². The fraction of sp³-hybridized carbons (Fsp3) is 0.400. The highest BCUT2D eigenvalue weighted by Gasteiger charge is 2.22. The molecule has 36 heavy (non-hydrogen) atoms. The molecular formula is C30H39N3O3. The Morgan fingerprint density at radius 1 is 0.917 bits per heavy atom. The fourth-order valence-corrected chi connectivity index (χ4v) is 4.29. The molecule has 0 unspecified atom stereocenters. The van der Waals surface area contributed by atoms with Crippen molar-refractivity contribution < 1.29 is 14.3 Å². The lowest BCUT2D eigenvalue weighted by Gasteiger charge is -2.28. The summed E-state index contributed by atoms with van der Waals surface area (Å²) in [6.07, 6.45) is 4.77. The van der Waals surface area contributed by atoms with Gasteiger partial charge in [0.1, 0.15) is 12.3 Å². The lowest BCUT2D eigenvalue weighted by atomic mass is 10.1. The third-order valence-corrected chi connectivity index (χ3v) is 6.29. The molecule has 6 heteroatoms. The number of carbonyl (C=O) groups is 2. The van der Waals surface area contributed by atoms with Crippen LogP contribution in [0, 0.1) is 6.92 Å². The summed E-state index contributed by atoms with van der Waals surface area (Å²) >= 11 is 0. The first-order chi connectivity index (χ1) is 17.4. The van der Waals surface area contributed by atoms with Crippen LogP contribution in [0.4, 0.5) is 0 Å². The summed E-state index contributed by atoms with van der Waals surface area (Å²) in [7, 11) is 1.60. The number of aromatic nitrogens is 1. The van der Waals surface area contributed by atoms with E-state index in [-0.39, 0.29) is 18.4 Å². The smallest absolute Gasteiger partial charge is 0.254 e. The van der Waals surface area contributed by atoms with Crippen LogP contribution in [0.5, 0.6) is 5.75 Å². The summed E-state index contributed by atoms with van der Waals surface area (Å²) in [5.41, 5.74) is 4.12. The molecule has 1 aromatic heterocycles. The minimum absolute atomic E-state index is 0.0259. The summed E-state index contributed by atoms with van der Waals surface area (Å²) in [5, 5.41) is 0. The SMILES string of the molecule is CCCCN(Cc1cccn1Cc1cccc(C)c1)C(=O)CN(CCC)C(=O)c1ccc(OC)cc1. The van der Waals surface area contributed by atoms with Gasteiger partial charge in [-0.3, -0.25) is 9.59 Å². The predicted molar refractivity (Wildman–Crippen MR) is 144 cm³/mol. The zero-order valence-corrected chi connectivity index (χ0v) is 22.1. The molecule has 0 aliphatic carbocycles. The van der Waals surface area contributed by atoms with Gasteiger partial charge in [0.05, 0.1) is 13.7 Å². The summed E-state index contributed by atoms with van der Waals surface area (Å²) in [4.78, 5) is 30.3. The van der Waals surface area contributed by atoms with Gasteiger partial charge in [-0.15, -0.1) is 0 Å². The minimum Gasteiger partial charge on any atom is -0.497 e. The van der Waals surface area contributed by atoms with Crippen LogP contribution in [0.1, 0.15) is 60.3 Å². The van der Waals surface area contributed by atoms with Crippen molar-refractivity contribution in [1.82, 2.24) is 14.4 Å². The Kier molecular flexibility index (Phi) is 10.2. The average molecular weight is 490 g/mol. The Morgan fingerprint density at radius 3 is 2.36 bits per heavy atom. The van der Waals surface area contributed by atoms with Gasteiger partial charge < -0.3 is 19.1 Å². The molecule has 0 saturated heterocycles. The molecular weight excluding hydrogens is 450 g/mol. The molecule has 0 fully saturated rings. The normalized spacial score (nSPS) is 10.8. The van der Waals surface area contributed by atoms with E-state index in [2.05, 4.69) is 54.9 Å². The van der Waals surface area contributed by atoms with Crippen LogP contribution >= 0.6 is 0 Å². The molecule has 0 bridgehead atoms. The number of carbonyl (C=O) groups excluding carboxylic acids is 2. The van der Waals surface area contributed by atoms with Crippen molar-refractivity contribution in [3.63, 3.8) is 0 Å². The number of hydrogen-bond acceptors (Lipinski definition) is 3. The number of methoxy groups -OCH3 is 1. The van der Waals surface area contributed by atoms with E-state index in [1.807, 2.05) is 17.9 Å². The number of nitrogens with zero attached hydrogens (tertiary/aromatic N) is 3. The number of ether oxygens (including phenoxy) is 1. The van der Waals surface area contributed by atoms with E-state index >= 15 is 0 Å². The molecule has 0 radical (unpaired) electrons. The maximum absolute atomic E-state index is 13.5. The molecule has 3 aromatic rings. The fourth-order valence-electron chi connectivity index (χ4n) is 4.29. The second-order valence-corrected chi connectivity index (χ2v) is 9.24. The topological polar surface area (TPSA) is 54.8 Å². The molecule has 0 N–H and O–H groups in total. The van der Waals surface area contributed by atoms with Gasteiger partial charge in [-0.05, 0) is 61.7 Å². The molecule has 2 amide bonds. The maximum atomic E-state index is 13.5. The van der Waals surface area contributed by atoms with Crippen LogP contribution in [0.2, 0.25) is 0 Å². The number of unbranched alkanes of at least 4 members (excludes halogenated alkanes) is 1. The number of aryl methyl sites for hydroxylation is 1. The highest BCUT2D eigenvalue weighted by atomic mass is 16.5. The molecule has 6 nitrogen and oxygen atoms in total. The van der Waals surface area contributed by atoms with Gasteiger partial charge in [0.15, 0.2) is 0 Å². The Labute approximate surface area is 215 Å². The van der Waals surface area contributed by atoms with Gasteiger partial charge in [-0.25, -0.2) is 0 Å². The molecule has 0 aliphatic rings. The second-order valence-electron chi connectivity index (χ2n) is 9.24.